The highest BCUT2D eigenvalue weighted by atomic mass is 16.4. The molecule has 2 aliphatic carbocycles. The van der Waals surface area contributed by atoms with Gasteiger partial charge in [0.05, 0.1) is 5.56 Å². The second-order valence-electron chi connectivity index (χ2n) is 11.5. The second kappa shape index (κ2) is 9.14. The maximum Gasteiger partial charge on any atom is 0.335 e. The summed E-state index contributed by atoms with van der Waals surface area (Å²) in [5, 5.41) is 12.2. The zero-order valence-corrected chi connectivity index (χ0v) is 21.5. The molecule has 6 rings (SSSR count). The first kappa shape index (κ1) is 23.9. The van der Waals surface area contributed by atoms with Crippen LogP contribution in [0.5, 0.6) is 0 Å². The highest BCUT2D eigenvalue weighted by Crippen LogP contribution is 2.49. The van der Waals surface area contributed by atoms with Gasteiger partial charge in [-0.25, -0.2) is 4.79 Å². The maximum atomic E-state index is 13.2. The largest absolute Gasteiger partial charge is 0.478 e. The molecule has 5 heteroatoms. The lowest BCUT2D eigenvalue weighted by Crippen LogP contribution is -2.58. The fourth-order valence-corrected chi connectivity index (χ4v) is 6.46. The van der Waals surface area contributed by atoms with E-state index < -0.39 is 5.97 Å². The van der Waals surface area contributed by atoms with Gasteiger partial charge in [-0.3, -0.25) is 9.69 Å². The van der Waals surface area contributed by atoms with E-state index in [4.69, 9.17) is 5.11 Å². The van der Waals surface area contributed by atoms with Crippen LogP contribution in [0.15, 0.2) is 66.7 Å². The van der Waals surface area contributed by atoms with Gasteiger partial charge < -0.3 is 10.4 Å². The third-order valence-electron chi connectivity index (χ3n) is 9.18. The van der Waals surface area contributed by atoms with Gasteiger partial charge in [-0.05, 0) is 108 Å². The SMILES string of the molecule is CC1C2Cc3ccc(C(=O)Nc4ccc(-c5ccc(C(=O)O)cc5)cc4)cc3C1(C)CCN2CC1CC1. The van der Waals surface area contributed by atoms with Crippen molar-refractivity contribution < 1.29 is 14.7 Å². The Labute approximate surface area is 218 Å². The summed E-state index contributed by atoms with van der Waals surface area (Å²) in [4.78, 5) is 27.1. The van der Waals surface area contributed by atoms with Gasteiger partial charge in [-0.15, -0.1) is 0 Å². The van der Waals surface area contributed by atoms with E-state index >= 15 is 0 Å². The fourth-order valence-electron chi connectivity index (χ4n) is 6.46. The molecule has 2 fully saturated rings. The van der Waals surface area contributed by atoms with Crippen LogP contribution < -0.4 is 5.32 Å². The van der Waals surface area contributed by atoms with Crippen molar-refractivity contribution >= 4 is 17.6 Å². The van der Waals surface area contributed by atoms with E-state index in [-0.39, 0.29) is 16.9 Å². The van der Waals surface area contributed by atoms with E-state index in [0.717, 1.165) is 42.1 Å². The molecule has 3 atom stereocenters. The van der Waals surface area contributed by atoms with Crippen molar-refractivity contribution in [3.63, 3.8) is 0 Å². The van der Waals surface area contributed by atoms with Crippen molar-refractivity contribution in [2.24, 2.45) is 11.8 Å². The van der Waals surface area contributed by atoms with Crippen molar-refractivity contribution in [1.82, 2.24) is 4.90 Å². The molecular formula is C32H34N2O3. The Morgan fingerprint density at radius 2 is 1.62 bits per heavy atom. The molecule has 37 heavy (non-hydrogen) atoms. The van der Waals surface area contributed by atoms with Crippen LogP contribution in [-0.4, -0.2) is 41.0 Å². The highest BCUT2D eigenvalue weighted by molar-refractivity contribution is 6.04. The van der Waals surface area contributed by atoms with Crippen LogP contribution in [0, 0.1) is 11.8 Å². The number of piperidine rings is 1. The van der Waals surface area contributed by atoms with Gasteiger partial charge in [0.25, 0.3) is 5.91 Å². The summed E-state index contributed by atoms with van der Waals surface area (Å²) in [5.41, 5.74) is 6.47. The quantitative estimate of drug-likeness (QED) is 0.426. The molecule has 3 aromatic carbocycles. The summed E-state index contributed by atoms with van der Waals surface area (Å²) in [5.74, 6) is 0.457. The molecule has 1 amide bonds. The Kier molecular flexibility index (Phi) is 5.91. The lowest BCUT2D eigenvalue weighted by Gasteiger charge is -2.55. The Hall–Kier alpha value is -3.44. The van der Waals surface area contributed by atoms with Gasteiger partial charge in [0, 0.05) is 23.8 Å². The number of carbonyl (C=O) groups is 2. The molecule has 0 radical (unpaired) electrons. The number of carboxylic acid groups (broad SMARTS) is 1. The molecule has 1 saturated carbocycles. The number of rotatable bonds is 6. The molecule has 1 heterocycles. The molecule has 3 aliphatic rings. The average molecular weight is 495 g/mol. The number of aromatic carboxylic acids is 1. The first-order chi connectivity index (χ1) is 17.8. The molecular weight excluding hydrogens is 460 g/mol. The van der Waals surface area contributed by atoms with Crippen molar-refractivity contribution in [2.75, 3.05) is 18.4 Å². The van der Waals surface area contributed by atoms with Crippen molar-refractivity contribution in [1.29, 1.82) is 0 Å². The maximum absolute atomic E-state index is 13.2. The Bertz CT molecular complexity index is 1340. The number of hydrogen-bond acceptors (Lipinski definition) is 3. The standard InChI is InChI=1S/C32H34N2O3/c1-20-29-18-25-9-10-26(17-28(25)32(20,2)15-16-34(29)19-21-3-4-21)30(35)33-27-13-11-23(12-14-27)22-5-7-24(8-6-22)31(36)37/h5-14,17,20-21,29H,3-4,15-16,18-19H2,1-2H3,(H,33,35)(H,36,37). The van der Waals surface area contributed by atoms with Gasteiger partial charge in [0.15, 0.2) is 0 Å². The molecule has 3 aromatic rings. The molecule has 190 valence electrons. The van der Waals surface area contributed by atoms with Crippen LogP contribution >= 0.6 is 0 Å². The molecule has 1 saturated heterocycles. The van der Waals surface area contributed by atoms with Crippen LogP contribution in [0.25, 0.3) is 11.1 Å². The summed E-state index contributed by atoms with van der Waals surface area (Å²) in [6, 6.07) is 21.4. The Morgan fingerprint density at radius 3 is 2.27 bits per heavy atom. The van der Waals surface area contributed by atoms with Gasteiger partial charge in [-0.2, -0.15) is 0 Å². The Balaban J connectivity index is 1.18. The van der Waals surface area contributed by atoms with Crippen molar-refractivity contribution in [3.05, 3.63) is 89.0 Å². The fraction of sp³-hybridized carbons (Fsp3) is 0.375. The third kappa shape index (κ3) is 4.46. The molecule has 0 aromatic heterocycles. The zero-order chi connectivity index (χ0) is 25.7. The minimum absolute atomic E-state index is 0.0918. The molecule has 1 aliphatic heterocycles. The van der Waals surface area contributed by atoms with Gasteiger partial charge in [0.1, 0.15) is 0 Å². The predicted octanol–water partition coefficient (Wildman–Crippen LogP) is 6.24. The number of carbonyl (C=O) groups excluding carboxylic acids is 1. The van der Waals surface area contributed by atoms with E-state index in [1.165, 1.54) is 30.5 Å². The Morgan fingerprint density at radius 1 is 0.973 bits per heavy atom. The van der Waals surface area contributed by atoms with Crippen molar-refractivity contribution in [3.8, 4) is 11.1 Å². The third-order valence-corrected chi connectivity index (χ3v) is 9.18. The van der Waals surface area contributed by atoms with Crippen LogP contribution in [0.2, 0.25) is 0 Å². The van der Waals surface area contributed by atoms with Gasteiger partial charge in [-0.1, -0.05) is 44.2 Å². The first-order valence-electron chi connectivity index (χ1n) is 13.4. The minimum Gasteiger partial charge on any atom is -0.478 e. The minimum atomic E-state index is -0.936. The number of nitrogens with one attached hydrogen (secondary N) is 1. The highest BCUT2D eigenvalue weighted by Gasteiger charge is 2.49. The number of carboxylic acids is 1. The number of amides is 1. The van der Waals surface area contributed by atoms with E-state index in [1.807, 2.05) is 30.3 Å². The lowest BCUT2D eigenvalue weighted by molar-refractivity contribution is 0.0284. The first-order valence-corrected chi connectivity index (χ1v) is 13.4. The number of likely N-dealkylation sites (tertiary alicyclic amines) is 1. The lowest BCUT2D eigenvalue weighted by atomic mass is 9.59. The predicted molar refractivity (Wildman–Crippen MR) is 146 cm³/mol. The molecule has 0 spiro atoms. The zero-order valence-electron chi connectivity index (χ0n) is 21.5. The van der Waals surface area contributed by atoms with E-state index in [9.17, 15) is 9.59 Å². The average Bonchev–Trinajstić information content (AvgIpc) is 3.72. The molecule has 5 nitrogen and oxygen atoms in total. The smallest absolute Gasteiger partial charge is 0.335 e. The monoisotopic (exact) mass is 494 g/mol. The summed E-state index contributed by atoms with van der Waals surface area (Å²) >= 11 is 0. The summed E-state index contributed by atoms with van der Waals surface area (Å²) in [6.45, 7) is 7.23. The molecule has 2 bridgehead atoms. The van der Waals surface area contributed by atoms with E-state index in [0.29, 0.717) is 17.5 Å². The number of nitrogens with zero attached hydrogens (tertiary/aromatic N) is 1. The summed E-state index contributed by atoms with van der Waals surface area (Å²) in [7, 11) is 0. The van der Waals surface area contributed by atoms with E-state index in [2.05, 4.69) is 36.2 Å². The summed E-state index contributed by atoms with van der Waals surface area (Å²) < 4.78 is 0. The summed E-state index contributed by atoms with van der Waals surface area (Å²) in [6.07, 6.45) is 5.01. The molecule has 3 unspecified atom stereocenters. The van der Waals surface area contributed by atoms with Gasteiger partial charge in [0.2, 0.25) is 0 Å². The normalized spacial score (nSPS) is 24.8. The van der Waals surface area contributed by atoms with Crippen LogP contribution in [0.1, 0.15) is 65.0 Å². The van der Waals surface area contributed by atoms with E-state index in [1.54, 1.807) is 24.3 Å². The topological polar surface area (TPSA) is 69.6 Å². The van der Waals surface area contributed by atoms with Crippen molar-refractivity contribution in [2.45, 2.75) is 51.0 Å². The van der Waals surface area contributed by atoms with Gasteiger partial charge >= 0.3 is 5.97 Å². The van der Waals surface area contributed by atoms with Crippen LogP contribution in [0.4, 0.5) is 5.69 Å². The number of benzene rings is 3. The second-order valence-corrected chi connectivity index (χ2v) is 11.5. The number of anilines is 1. The molecule has 2 N–H and O–H groups in total. The van der Waals surface area contributed by atoms with Crippen LogP contribution in [-0.2, 0) is 11.8 Å². The number of hydrogen-bond donors (Lipinski definition) is 2. The van der Waals surface area contributed by atoms with Crippen LogP contribution in [0.3, 0.4) is 0 Å². The number of fused-ring (bicyclic) bond motifs is 4.